The number of halogens is 1. The molecule has 0 spiro atoms. The van der Waals surface area contributed by atoms with Gasteiger partial charge in [0.25, 0.3) is 0 Å². The van der Waals surface area contributed by atoms with Crippen LogP contribution >= 0.6 is 11.6 Å². The SMILES string of the molecule is Nc1c(Cl)cccc1N1CCOCC1CO. The van der Waals surface area contributed by atoms with Crippen molar-refractivity contribution in [3.05, 3.63) is 23.2 Å². The maximum absolute atomic E-state index is 9.29. The van der Waals surface area contributed by atoms with Gasteiger partial charge in [-0.05, 0) is 12.1 Å². The minimum atomic E-state index is -0.0467. The molecule has 0 bridgehead atoms. The number of nitrogens with two attached hydrogens (primary N) is 1. The molecular weight excluding hydrogens is 228 g/mol. The van der Waals surface area contributed by atoms with Crippen LogP contribution in [0.15, 0.2) is 18.2 Å². The lowest BCUT2D eigenvalue weighted by atomic mass is 10.1. The molecule has 2 rings (SSSR count). The summed E-state index contributed by atoms with van der Waals surface area (Å²) in [4.78, 5) is 2.05. The third kappa shape index (κ3) is 2.09. The van der Waals surface area contributed by atoms with Gasteiger partial charge in [0.1, 0.15) is 0 Å². The zero-order valence-corrected chi connectivity index (χ0v) is 9.65. The Kier molecular flexibility index (Phi) is 3.53. The van der Waals surface area contributed by atoms with Crippen molar-refractivity contribution in [1.29, 1.82) is 0 Å². The highest BCUT2D eigenvalue weighted by molar-refractivity contribution is 6.33. The maximum atomic E-state index is 9.29. The highest BCUT2D eigenvalue weighted by Gasteiger charge is 2.24. The summed E-state index contributed by atoms with van der Waals surface area (Å²) < 4.78 is 5.32. The lowest BCUT2D eigenvalue weighted by Gasteiger charge is -2.37. The summed E-state index contributed by atoms with van der Waals surface area (Å²) >= 11 is 5.98. The highest BCUT2D eigenvalue weighted by Crippen LogP contribution is 2.31. The Balaban J connectivity index is 2.30. The number of morpholine rings is 1. The molecule has 4 nitrogen and oxygen atoms in total. The number of nitrogen functional groups attached to an aromatic ring is 1. The molecule has 0 aromatic heterocycles. The molecule has 1 aromatic carbocycles. The highest BCUT2D eigenvalue weighted by atomic mass is 35.5. The van der Waals surface area contributed by atoms with E-state index in [9.17, 15) is 5.11 Å². The zero-order valence-electron chi connectivity index (χ0n) is 8.90. The number of ether oxygens (including phenoxy) is 1. The molecule has 0 aliphatic carbocycles. The minimum Gasteiger partial charge on any atom is -0.396 e. The van der Waals surface area contributed by atoms with E-state index in [2.05, 4.69) is 0 Å². The van der Waals surface area contributed by atoms with Crippen molar-refractivity contribution in [3.63, 3.8) is 0 Å². The van der Waals surface area contributed by atoms with Crippen LogP contribution in [-0.2, 0) is 4.74 Å². The number of anilines is 2. The number of hydrogen-bond donors (Lipinski definition) is 2. The lowest BCUT2D eigenvalue weighted by molar-refractivity contribution is 0.0728. The first-order valence-corrected chi connectivity index (χ1v) is 5.61. The van der Waals surface area contributed by atoms with E-state index in [1.807, 2.05) is 17.0 Å². The largest absolute Gasteiger partial charge is 0.396 e. The summed E-state index contributed by atoms with van der Waals surface area (Å²) in [5.74, 6) is 0. The molecule has 5 heteroatoms. The van der Waals surface area contributed by atoms with Crippen molar-refractivity contribution in [2.24, 2.45) is 0 Å². The molecule has 3 N–H and O–H groups in total. The monoisotopic (exact) mass is 242 g/mol. The molecule has 1 aliphatic heterocycles. The van der Waals surface area contributed by atoms with Gasteiger partial charge in [0.2, 0.25) is 0 Å². The molecule has 1 aliphatic rings. The van der Waals surface area contributed by atoms with Crippen molar-refractivity contribution in [2.45, 2.75) is 6.04 Å². The van der Waals surface area contributed by atoms with E-state index < -0.39 is 0 Å². The first kappa shape index (κ1) is 11.5. The van der Waals surface area contributed by atoms with Crippen LogP contribution in [0.2, 0.25) is 5.02 Å². The molecular formula is C11H15ClN2O2. The summed E-state index contributed by atoms with van der Waals surface area (Å²) in [6, 6.07) is 5.48. The van der Waals surface area contributed by atoms with Gasteiger partial charge in [-0.25, -0.2) is 0 Å². The topological polar surface area (TPSA) is 58.7 Å². The predicted octanol–water partition coefficient (Wildman–Crippen LogP) is 1.12. The van der Waals surface area contributed by atoms with Gasteiger partial charge in [-0.1, -0.05) is 17.7 Å². The molecule has 16 heavy (non-hydrogen) atoms. The molecule has 1 fully saturated rings. The molecule has 0 amide bonds. The Bertz CT molecular complexity index is 373. The standard InChI is InChI=1S/C11H15ClN2O2/c12-9-2-1-3-10(11(9)13)14-4-5-16-7-8(14)6-15/h1-3,8,15H,4-7,13H2. The van der Waals surface area contributed by atoms with Crippen molar-refractivity contribution in [2.75, 3.05) is 37.0 Å². The molecule has 1 atom stereocenters. The number of nitrogens with zero attached hydrogens (tertiary/aromatic N) is 1. The van der Waals surface area contributed by atoms with Crippen LogP contribution in [0, 0.1) is 0 Å². The van der Waals surface area contributed by atoms with Crippen molar-refractivity contribution < 1.29 is 9.84 Å². The summed E-state index contributed by atoms with van der Waals surface area (Å²) in [6.07, 6.45) is 0. The Morgan fingerprint density at radius 3 is 3.12 bits per heavy atom. The van der Waals surface area contributed by atoms with Crippen LogP contribution in [0.4, 0.5) is 11.4 Å². The fourth-order valence-electron chi connectivity index (χ4n) is 1.90. The molecule has 1 heterocycles. The second-order valence-corrected chi connectivity index (χ2v) is 4.18. The van der Waals surface area contributed by atoms with E-state index in [4.69, 9.17) is 22.1 Å². The van der Waals surface area contributed by atoms with E-state index in [0.29, 0.717) is 23.9 Å². The first-order chi connectivity index (χ1) is 7.74. The fraction of sp³-hybridized carbons (Fsp3) is 0.455. The predicted molar refractivity (Wildman–Crippen MR) is 64.9 cm³/mol. The average molecular weight is 243 g/mol. The zero-order chi connectivity index (χ0) is 11.5. The van der Waals surface area contributed by atoms with Crippen molar-refractivity contribution in [1.82, 2.24) is 0 Å². The Labute approximate surface area is 99.6 Å². The van der Waals surface area contributed by atoms with E-state index in [0.717, 1.165) is 12.2 Å². The summed E-state index contributed by atoms with van der Waals surface area (Å²) in [6.45, 7) is 1.92. The fourth-order valence-corrected chi connectivity index (χ4v) is 2.07. The second kappa shape index (κ2) is 4.91. The van der Waals surface area contributed by atoms with E-state index in [1.165, 1.54) is 0 Å². The van der Waals surface area contributed by atoms with Crippen molar-refractivity contribution >= 4 is 23.0 Å². The second-order valence-electron chi connectivity index (χ2n) is 3.78. The van der Waals surface area contributed by atoms with Gasteiger partial charge in [-0.2, -0.15) is 0 Å². The van der Waals surface area contributed by atoms with Gasteiger partial charge in [-0.15, -0.1) is 0 Å². The van der Waals surface area contributed by atoms with Crippen LogP contribution < -0.4 is 10.6 Å². The number of para-hydroxylation sites is 1. The van der Waals surface area contributed by atoms with Crippen LogP contribution in [-0.4, -0.2) is 37.5 Å². The van der Waals surface area contributed by atoms with Gasteiger partial charge in [0, 0.05) is 6.54 Å². The molecule has 1 aromatic rings. The number of benzene rings is 1. The van der Waals surface area contributed by atoms with Crippen LogP contribution in [0.25, 0.3) is 0 Å². The van der Waals surface area contributed by atoms with Gasteiger partial charge in [-0.3, -0.25) is 0 Å². The van der Waals surface area contributed by atoms with Gasteiger partial charge in [0.15, 0.2) is 0 Å². The third-order valence-corrected chi connectivity index (χ3v) is 3.11. The van der Waals surface area contributed by atoms with Gasteiger partial charge < -0.3 is 20.5 Å². The maximum Gasteiger partial charge on any atom is 0.0756 e. The summed E-state index contributed by atoms with van der Waals surface area (Å²) in [5.41, 5.74) is 7.36. The normalized spacial score (nSPS) is 21.1. The first-order valence-electron chi connectivity index (χ1n) is 5.23. The Hall–Kier alpha value is -0.970. The summed E-state index contributed by atoms with van der Waals surface area (Å²) in [5, 5.41) is 9.83. The van der Waals surface area contributed by atoms with E-state index in [1.54, 1.807) is 6.07 Å². The van der Waals surface area contributed by atoms with Gasteiger partial charge in [0.05, 0.1) is 42.3 Å². The number of rotatable bonds is 2. The molecule has 88 valence electrons. The molecule has 1 saturated heterocycles. The number of aliphatic hydroxyl groups excluding tert-OH is 1. The van der Waals surface area contributed by atoms with E-state index >= 15 is 0 Å². The van der Waals surface area contributed by atoms with Crippen molar-refractivity contribution in [3.8, 4) is 0 Å². The lowest BCUT2D eigenvalue weighted by Crippen LogP contribution is -2.47. The third-order valence-electron chi connectivity index (χ3n) is 2.78. The van der Waals surface area contributed by atoms with Crippen LogP contribution in [0.5, 0.6) is 0 Å². The molecule has 0 saturated carbocycles. The quantitative estimate of drug-likeness (QED) is 0.763. The Morgan fingerprint density at radius 2 is 2.38 bits per heavy atom. The minimum absolute atomic E-state index is 0.0467. The van der Waals surface area contributed by atoms with E-state index in [-0.39, 0.29) is 12.6 Å². The molecule has 1 unspecified atom stereocenters. The smallest absolute Gasteiger partial charge is 0.0756 e. The average Bonchev–Trinajstić information content (AvgIpc) is 2.33. The number of aliphatic hydroxyl groups is 1. The molecule has 0 radical (unpaired) electrons. The van der Waals surface area contributed by atoms with Crippen LogP contribution in [0.1, 0.15) is 0 Å². The summed E-state index contributed by atoms with van der Waals surface area (Å²) in [7, 11) is 0. The number of hydrogen-bond acceptors (Lipinski definition) is 4. The van der Waals surface area contributed by atoms with Gasteiger partial charge >= 0.3 is 0 Å². The Morgan fingerprint density at radius 1 is 1.56 bits per heavy atom. The van der Waals surface area contributed by atoms with Crippen LogP contribution in [0.3, 0.4) is 0 Å².